The predicted molar refractivity (Wildman–Crippen MR) is 98.3 cm³/mol. The SMILES string of the molecule is Cc1ccc(/C=C/C(=O)OC[C@H]2O[C@@H](O[C@H]3COC(=O)C3)[C@H](O)[C@@H](O)[C@@H]2O)cc1. The first kappa shape index (κ1) is 21.4. The molecule has 0 spiro atoms. The van der Waals surface area contributed by atoms with Crippen molar-refractivity contribution in [2.75, 3.05) is 13.2 Å². The molecule has 0 aliphatic carbocycles. The fourth-order valence-corrected chi connectivity index (χ4v) is 2.99. The third-order valence-electron chi connectivity index (χ3n) is 4.70. The molecule has 2 aliphatic heterocycles. The van der Waals surface area contributed by atoms with Gasteiger partial charge in [-0.05, 0) is 18.6 Å². The molecule has 1 aromatic rings. The van der Waals surface area contributed by atoms with E-state index < -0.39 is 48.7 Å². The molecule has 9 nitrogen and oxygen atoms in total. The van der Waals surface area contributed by atoms with Gasteiger partial charge in [0.1, 0.15) is 43.7 Å². The van der Waals surface area contributed by atoms with Crippen LogP contribution in [0, 0.1) is 6.92 Å². The molecule has 2 aliphatic rings. The number of cyclic esters (lactones) is 1. The van der Waals surface area contributed by atoms with Crippen molar-refractivity contribution in [2.24, 2.45) is 0 Å². The summed E-state index contributed by atoms with van der Waals surface area (Å²) in [6.07, 6.45) is -4.83. The second kappa shape index (κ2) is 9.47. The predicted octanol–water partition coefficient (Wildman–Crippen LogP) is -0.309. The van der Waals surface area contributed by atoms with E-state index in [2.05, 4.69) is 0 Å². The summed E-state index contributed by atoms with van der Waals surface area (Å²) in [5.41, 5.74) is 1.92. The van der Waals surface area contributed by atoms with E-state index >= 15 is 0 Å². The topological polar surface area (TPSA) is 132 Å². The van der Waals surface area contributed by atoms with Gasteiger partial charge in [-0.25, -0.2) is 4.79 Å². The Hall–Kier alpha value is -2.30. The van der Waals surface area contributed by atoms with Crippen LogP contribution in [0.4, 0.5) is 0 Å². The van der Waals surface area contributed by atoms with E-state index in [-0.39, 0.29) is 19.6 Å². The first-order valence-corrected chi connectivity index (χ1v) is 9.25. The number of aliphatic hydroxyl groups excluding tert-OH is 3. The fourth-order valence-electron chi connectivity index (χ4n) is 2.99. The van der Waals surface area contributed by atoms with E-state index in [0.29, 0.717) is 0 Å². The lowest BCUT2D eigenvalue weighted by molar-refractivity contribution is -0.311. The zero-order valence-electron chi connectivity index (χ0n) is 15.8. The van der Waals surface area contributed by atoms with Crippen LogP contribution in [0.2, 0.25) is 0 Å². The maximum atomic E-state index is 11.9. The number of esters is 2. The van der Waals surface area contributed by atoms with Gasteiger partial charge in [-0.15, -0.1) is 0 Å². The molecule has 2 heterocycles. The second-order valence-electron chi connectivity index (χ2n) is 7.03. The lowest BCUT2D eigenvalue weighted by Gasteiger charge is -2.40. The van der Waals surface area contributed by atoms with Crippen LogP contribution in [0.5, 0.6) is 0 Å². The number of aryl methyl sites for hydroxylation is 1. The number of hydrogen-bond donors (Lipinski definition) is 3. The van der Waals surface area contributed by atoms with Gasteiger partial charge in [0.05, 0.1) is 6.42 Å². The van der Waals surface area contributed by atoms with Crippen molar-refractivity contribution in [3.05, 3.63) is 41.5 Å². The van der Waals surface area contributed by atoms with Crippen LogP contribution in [0.15, 0.2) is 30.3 Å². The van der Waals surface area contributed by atoms with Crippen molar-refractivity contribution in [3.8, 4) is 0 Å². The highest BCUT2D eigenvalue weighted by Gasteiger charge is 2.46. The number of hydrogen-bond acceptors (Lipinski definition) is 9. The van der Waals surface area contributed by atoms with E-state index in [1.807, 2.05) is 31.2 Å². The number of rotatable bonds is 6. The van der Waals surface area contributed by atoms with E-state index in [1.54, 1.807) is 6.08 Å². The van der Waals surface area contributed by atoms with Crippen molar-refractivity contribution in [2.45, 2.75) is 50.2 Å². The third kappa shape index (κ3) is 5.62. The monoisotopic (exact) mass is 408 g/mol. The van der Waals surface area contributed by atoms with Crippen molar-refractivity contribution < 1.29 is 43.9 Å². The molecule has 158 valence electrons. The maximum Gasteiger partial charge on any atom is 0.330 e. The summed E-state index contributed by atoms with van der Waals surface area (Å²) >= 11 is 0. The Morgan fingerprint density at radius 1 is 1.17 bits per heavy atom. The van der Waals surface area contributed by atoms with Crippen LogP contribution in [-0.4, -0.2) is 77.3 Å². The lowest BCUT2D eigenvalue weighted by Crippen LogP contribution is -2.60. The first-order valence-electron chi connectivity index (χ1n) is 9.25. The summed E-state index contributed by atoms with van der Waals surface area (Å²) in [5, 5.41) is 30.2. The van der Waals surface area contributed by atoms with Gasteiger partial charge in [-0.3, -0.25) is 4.79 Å². The summed E-state index contributed by atoms with van der Waals surface area (Å²) in [7, 11) is 0. The molecule has 0 amide bonds. The molecule has 9 heteroatoms. The summed E-state index contributed by atoms with van der Waals surface area (Å²) in [6, 6.07) is 7.52. The van der Waals surface area contributed by atoms with Crippen LogP contribution >= 0.6 is 0 Å². The molecule has 0 saturated carbocycles. The van der Waals surface area contributed by atoms with Gasteiger partial charge in [-0.2, -0.15) is 0 Å². The average Bonchev–Trinajstić information content (AvgIpc) is 3.11. The smallest absolute Gasteiger partial charge is 0.330 e. The van der Waals surface area contributed by atoms with Gasteiger partial charge in [-0.1, -0.05) is 29.8 Å². The molecule has 3 rings (SSSR count). The summed E-state index contributed by atoms with van der Waals surface area (Å²) in [4.78, 5) is 23.1. The highest BCUT2D eigenvalue weighted by molar-refractivity contribution is 5.87. The molecule has 3 N–H and O–H groups in total. The number of carbonyl (C=O) groups excluding carboxylic acids is 2. The molecule has 0 bridgehead atoms. The quantitative estimate of drug-likeness (QED) is 0.428. The van der Waals surface area contributed by atoms with Crippen molar-refractivity contribution in [3.63, 3.8) is 0 Å². The van der Waals surface area contributed by atoms with Crippen molar-refractivity contribution >= 4 is 18.0 Å². The Bertz CT molecular complexity index is 745. The van der Waals surface area contributed by atoms with Crippen LogP contribution in [0.1, 0.15) is 17.5 Å². The standard InChI is InChI=1S/C20H24O9/c1-11-2-4-12(5-3-11)6-7-15(21)27-10-14-17(23)18(24)19(25)20(29-14)28-13-8-16(22)26-9-13/h2-7,13-14,17-20,23-25H,8-10H2,1H3/b7-6+/t13-,14-,17-,18+,19-,20-/m1/s1. The molecule has 0 aromatic heterocycles. The molecular formula is C20H24O9. The largest absolute Gasteiger partial charge is 0.463 e. The number of ether oxygens (including phenoxy) is 4. The van der Waals surface area contributed by atoms with Gasteiger partial charge >= 0.3 is 11.9 Å². The Kier molecular flexibility index (Phi) is 6.99. The van der Waals surface area contributed by atoms with E-state index in [9.17, 15) is 24.9 Å². The minimum absolute atomic E-state index is 0.00527. The molecule has 1 aromatic carbocycles. The zero-order valence-corrected chi connectivity index (χ0v) is 15.8. The van der Waals surface area contributed by atoms with E-state index in [1.165, 1.54) is 6.08 Å². The Morgan fingerprint density at radius 3 is 2.55 bits per heavy atom. The number of carbonyl (C=O) groups is 2. The van der Waals surface area contributed by atoms with Crippen molar-refractivity contribution in [1.82, 2.24) is 0 Å². The molecule has 2 saturated heterocycles. The molecular weight excluding hydrogens is 384 g/mol. The van der Waals surface area contributed by atoms with Gasteiger partial charge in [0.15, 0.2) is 6.29 Å². The van der Waals surface area contributed by atoms with Gasteiger partial charge in [0.25, 0.3) is 0 Å². The van der Waals surface area contributed by atoms with Gasteiger partial charge in [0, 0.05) is 6.08 Å². The molecule has 2 fully saturated rings. The minimum atomic E-state index is -1.57. The van der Waals surface area contributed by atoms with E-state index in [4.69, 9.17) is 18.9 Å². The van der Waals surface area contributed by atoms with Gasteiger partial charge < -0.3 is 34.3 Å². The van der Waals surface area contributed by atoms with Crippen LogP contribution in [-0.2, 0) is 28.5 Å². The fraction of sp³-hybridized carbons (Fsp3) is 0.500. The summed E-state index contributed by atoms with van der Waals surface area (Å²) in [5.74, 6) is -1.10. The number of benzene rings is 1. The Morgan fingerprint density at radius 2 is 1.90 bits per heavy atom. The number of aliphatic hydroxyl groups is 3. The zero-order chi connectivity index (χ0) is 21.0. The van der Waals surface area contributed by atoms with Crippen LogP contribution < -0.4 is 0 Å². The highest BCUT2D eigenvalue weighted by atomic mass is 16.7. The Labute approximate surface area is 167 Å². The van der Waals surface area contributed by atoms with Crippen LogP contribution in [0.25, 0.3) is 6.08 Å². The molecule has 6 atom stereocenters. The van der Waals surface area contributed by atoms with Crippen molar-refractivity contribution in [1.29, 1.82) is 0 Å². The third-order valence-corrected chi connectivity index (χ3v) is 4.70. The lowest BCUT2D eigenvalue weighted by atomic mass is 9.99. The molecule has 0 radical (unpaired) electrons. The average molecular weight is 408 g/mol. The second-order valence-corrected chi connectivity index (χ2v) is 7.03. The summed E-state index contributed by atoms with van der Waals surface area (Å²) in [6.45, 7) is 1.60. The Balaban J connectivity index is 1.53. The minimum Gasteiger partial charge on any atom is -0.463 e. The molecule has 29 heavy (non-hydrogen) atoms. The van der Waals surface area contributed by atoms with E-state index in [0.717, 1.165) is 11.1 Å². The molecule has 0 unspecified atom stereocenters. The first-order chi connectivity index (χ1) is 13.8. The van der Waals surface area contributed by atoms with Gasteiger partial charge in [0.2, 0.25) is 0 Å². The normalized spacial score (nSPS) is 32.3. The van der Waals surface area contributed by atoms with Crippen LogP contribution in [0.3, 0.4) is 0 Å². The summed E-state index contributed by atoms with van der Waals surface area (Å²) < 4.78 is 20.8. The highest BCUT2D eigenvalue weighted by Crippen LogP contribution is 2.25. The maximum absolute atomic E-state index is 11.9.